The summed E-state index contributed by atoms with van der Waals surface area (Å²) in [7, 11) is -7.42. The third kappa shape index (κ3) is 10.3. The highest BCUT2D eigenvalue weighted by molar-refractivity contribution is 9.10. The zero-order chi connectivity index (χ0) is 35.8. The Bertz CT molecular complexity index is 1920. The maximum atomic E-state index is 12.2. The van der Waals surface area contributed by atoms with Crippen LogP contribution in [0.1, 0.15) is 44.5 Å². The topological polar surface area (TPSA) is 137 Å². The number of aryl methyl sites for hydroxylation is 2. The lowest BCUT2D eigenvalue weighted by atomic mass is 9.90. The van der Waals surface area contributed by atoms with Gasteiger partial charge >= 0.3 is 7.12 Å². The number of sulfonamides is 2. The van der Waals surface area contributed by atoms with Crippen LogP contribution in [0.3, 0.4) is 0 Å². The minimum atomic E-state index is -3.60. The van der Waals surface area contributed by atoms with E-state index in [4.69, 9.17) is 9.31 Å². The third-order valence-electron chi connectivity index (χ3n) is 7.41. The second kappa shape index (κ2) is 16.1. The lowest BCUT2D eigenvalue weighted by Crippen LogP contribution is -2.41. The highest BCUT2D eigenvalue weighted by atomic mass is 79.9. The van der Waals surface area contributed by atoms with Gasteiger partial charge in [-0.2, -0.15) is 0 Å². The lowest BCUT2D eigenvalue weighted by molar-refractivity contribution is 0.00578. The fraction of sp³-hybridized carbons (Fsp3) is 0.235. The van der Waals surface area contributed by atoms with Gasteiger partial charge in [-0.15, -0.1) is 6.58 Å². The molecule has 1 saturated heterocycles. The van der Waals surface area contributed by atoms with Gasteiger partial charge in [-0.3, -0.25) is 14.4 Å². The molecule has 10 nitrogen and oxygen atoms in total. The number of benzene rings is 2. The number of rotatable bonds is 8. The second-order valence-electron chi connectivity index (χ2n) is 11.7. The first-order valence-corrected chi connectivity index (χ1v) is 18.5. The van der Waals surface area contributed by atoms with Crippen molar-refractivity contribution in [2.24, 2.45) is 0 Å². The largest absolute Gasteiger partial charge is 0.486 e. The summed E-state index contributed by atoms with van der Waals surface area (Å²) in [5.74, 6) is 1.68. The van der Waals surface area contributed by atoms with Gasteiger partial charge in [0.1, 0.15) is 4.60 Å². The molecular weight excluding hydrogens is 715 g/mol. The van der Waals surface area contributed by atoms with Crippen molar-refractivity contribution >= 4 is 60.5 Å². The molecule has 254 valence electrons. The molecule has 0 atom stereocenters. The molecule has 1 aliphatic heterocycles. The van der Waals surface area contributed by atoms with Gasteiger partial charge in [0.2, 0.25) is 0 Å². The molecule has 14 heteroatoms. The minimum absolute atomic E-state index is 0.219. The summed E-state index contributed by atoms with van der Waals surface area (Å²) in [5.41, 5.74) is 2.88. The Labute approximate surface area is 293 Å². The number of pyridine rings is 2. The Morgan fingerprint density at radius 2 is 1.12 bits per heavy atom. The summed E-state index contributed by atoms with van der Waals surface area (Å²) in [4.78, 5) is 8.45. The number of hydrogen-bond donors (Lipinski definition) is 2. The molecule has 0 bridgehead atoms. The van der Waals surface area contributed by atoms with E-state index in [1.54, 1.807) is 91.2 Å². The van der Waals surface area contributed by atoms with E-state index < -0.39 is 20.0 Å². The molecule has 5 rings (SSSR count). The zero-order valence-corrected chi connectivity index (χ0v) is 31.0. The van der Waals surface area contributed by atoms with E-state index in [2.05, 4.69) is 48.5 Å². The Morgan fingerprint density at radius 1 is 0.708 bits per heavy atom. The van der Waals surface area contributed by atoms with E-state index in [9.17, 15) is 16.8 Å². The van der Waals surface area contributed by atoms with E-state index in [-0.39, 0.29) is 28.1 Å². The van der Waals surface area contributed by atoms with Crippen molar-refractivity contribution in [3.63, 3.8) is 0 Å². The first-order valence-electron chi connectivity index (χ1n) is 14.8. The Hall–Kier alpha value is -3.82. The summed E-state index contributed by atoms with van der Waals surface area (Å²) in [5, 5.41) is 0. The van der Waals surface area contributed by atoms with Gasteiger partial charge in [0.15, 0.2) is 0 Å². The summed E-state index contributed by atoms with van der Waals surface area (Å²) in [6.07, 6.45) is 4.67. The van der Waals surface area contributed by atoms with Crippen molar-refractivity contribution in [1.29, 1.82) is 0 Å². The zero-order valence-electron chi connectivity index (χ0n) is 27.8. The van der Waals surface area contributed by atoms with Crippen molar-refractivity contribution in [1.82, 2.24) is 9.97 Å². The van der Waals surface area contributed by atoms with Crippen molar-refractivity contribution in [2.45, 2.75) is 62.5 Å². The van der Waals surface area contributed by atoms with E-state index in [0.29, 0.717) is 21.7 Å². The van der Waals surface area contributed by atoms with E-state index in [1.165, 1.54) is 6.08 Å². The highest BCUT2D eigenvalue weighted by Crippen LogP contribution is 2.36. The predicted octanol–water partition coefficient (Wildman–Crippen LogP) is 7.59. The van der Waals surface area contributed by atoms with Crippen LogP contribution in [0.5, 0.6) is 0 Å². The monoisotopic (exact) mass is 754 g/mol. The van der Waals surface area contributed by atoms with Gasteiger partial charge in [-0.1, -0.05) is 47.9 Å². The lowest BCUT2D eigenvalue weighted by Gasteiger charge is -2.32. The molecule has 1 fully saturated rings. The van der Waals surface area contributed by atoms with Crippen LogP contribution >= 0.6 is 15.9 Å². The second-order valence-corrected chi connectivity index (χ2v) is 15.8. The number of anilines is 2. The number of aromatic nitrogens is 2. The van der Waals surface area contributed by atoms with Gasteiger partial charge in [0.05, 0.1) is 38.1 Å². The van der Waals surface area contributed by atoms with Gasteiger partial charge in [0, 0.05) is 12.4 Å². The molecule has 2 N–H and O–H groups in total. The molecule has 0 radical (unpaired) electrons. The predicted molar refractivity (Wildman–Crippen MR) is 197 cm³/mol. The van der Waals surface area contributed by atoms with E-state index >= 15 is 0 Å². The molecule has 0 amide bonds. The first-order chi connectivity index (χ1) is 22.4. The maximum Gasteiger partial charge on any atom is 0.486 e. The van der Waals surface area contributed by atoms with Crippen LogP contribution < -0.4 is 9.44 Å². The van der Waals surface area contributed by atoms with Crippen LogP contribution in [0.2, 0.25) is 0 Å². The van der Waals surface area contributed by atoms with Crippen molar-refractivity contribution < 1.29 is 26.1 Å². The van der Waals surface area contributed by atoms with Crippen LogP contribution in [0.15, 0.2) is 119 Å². The van der Waals surface area contributed by atoms with Crippen LogP contribution in [0, 0.1) is 13.8 Å². The molecule has 4 aromatic rings. The molecule has 0 aliphatic carbocycles. The number of halogens is 1. The van der Waals surface area contributed by atoms with Crippen molar-refractivity contribution in [2.75, 3.05) is 9.44 Å². The Kier molecular flexibility index (Phi) is 12.9. The molecule has 48 heavy (non-hydrogen) atoms. The molecule has 0 saturated carbocycles. The molecule has 1 aliphatic rings. The van der Waals surface area contributed by atoms with Crippen LogP contribution in [-0.2, 0) is 29.4 Å². The molecule has 0 unspecified atom stereocenters. The number of nitrogens with one attached hydrogen (secondary N) is 2. The van der Waals surface area contributed by atoms with Gasteiger partial charge in [0.25, 0.3) is 20.0 Å². The van der Waals surface area contributed by atoms with Crippen LogP contribution in [0.4, 0.5) is 11.4 Å². The molecule has 0 spiro atoms. The normalized spacial score (nSPS) is 14.8. The van der Waals surface area contributed by atoms with Crippen LogP contribution in [-0.4, -0.2) is 45.1 Å². The van der Waals surface area contributed by atoms with Gasteiger partial charge < -0.3 is 9.31 Å². The SMILES string of the molecule is C=CB1OC(C)(C)C(C)(C)O1.C=Cc1ncccc1NS(=O)(=O)c1ccc(C)cc1.Cc1ccc(S(=O)(=O)Nc2cccnc2Br)cc1. The summed E-state index contributed by atoms with van der Waals surface area (Å²) in [6, 6.07) is 19.9. The third-order valence-corrected chi connectivity index (χ3v) is 10.8. The van der Waals surface area contributed by atoms with E-state index in [0.717, 1.165) is 11.1 Å². The number of nitrogens with zero attached hydrogens (tertiary/aromatic N) is 2. The average molecular weight is 756 g/mol. The van der Waals surface area contributed by atoms with E-state index in [1.807, 2.05) is 41.5 Å². The minimum Gasteiger partial charge on any atom is -0.400 e. The Balaban J connectivity index is 0.000000203. The quantitative estimate of drug-likeness (QED) is 0.139. The standard InChI is InChI=1S/C14H14N2O2S.C12H11BrN2O2S.C8H15BO2/c1-3-13-14(5-4-10-15-13)16-19(17,18)12-8-6-11(2)7-9-12;1-9-4-6-10(7-5-9)18(16,17)15-11-3-2-8-14-12(11)13;1-6-9-10-7(2,3)8(4,5)11-9/h3-10,16H,1H2,2H3;2-8,15H,1H3;6H,1H2,2-5H3. The molecule has 2 aromatic heterocycles. The maximum absolute atomic E-state index is 12.2. The van der Waals surface area contributed by atoms with Crippen LogP contribution in [0.25, 0.3) is 6.08 Å². The molecular formula is C34H40BBrN4O6S2. The molecule has 2 aromatic carbocycles. The number of hydrogen-bond acceptors (Lipinski definition) is 8. The summed E-state index contributed by atoms with van der Waals surface area (Å²) in [6.45, 7) is 19.1. The summed E-state index contributed by atoms with van der Waals surface area (Å²) >= 11 is 3.20. The Morgan fingerprint density at radius 3 is 1.52 bits per heavy atom. The fourth-order valence-corrected chi connectivity index (χ4v) is 6.58. The average Bonchev–Trinajstić information content (AvgIpc) is 3.25. The first kappa shape index (κ1) is 38.6. The summed E-state index contributed by atoms with van der Waals surface area (Å²) < 4.78 is 65.2. The highest BCUT2D eigenvalue weighted by Gasteiger charge is 2.49. The van der Waals surface area contributed by atoms with Crippen molar-refractivity contribution in [3.05, 3.63) is 126 Å². The smallest absolute Gasteiger partial charge is 0.400 e. The molecule has 3 heterocycles. The van der Waals surface area contributed by atoms with Gasteiger partial charge in [-0.05, 0) is 112 Å². The van der Waals surface area contributed by atoms with Crippen molar-refractivity contribution in [3.8, 4) is 0 Å². The fourth-order valence-electron chi connectivity index (χ4n) is 3.96. The van der Waals surface area contributed by atoms with Gasteiger partial charge in [-0.25, -0.2) is 21.8 Å².